The summed E-state index contributed by atoms with van der Waals surface area (Å²) in [6.45, 7) is 22.1. The lowest BCUT2D eigenvalue weighted by Crippen LogP contribution is -2.30. The normalized spacial score (nSPS) is 11.7. The summed E-state index contributed by atoms with van der Waals surface area (Å²) in [5.41, 5.74) is 6.28. The quantitative estimate of drug-likeness (QED) is 0.0917. The van der Waals surface area contributed by atoms with Crippen molar-refractivity contribution < 1.29 is 19.1 Å². The van der Waals surface area contributed by atoms with Crippen LogP contribution in [0.4, 0.5) is 21.9 Å². The van der Waals surface area contributed by atoms with E-state index < -0.39 is 6.03 Å². The molecule has 0 atom stereocenters. The van der Waals surface area contributed by atoms with Gasteiger partial charge in [0.2, 0.25) is 6.41 Å². The Morgan fingerprint density at radius 3 is 2.37 bits per heavy atom. The average Bonchev–Trinajstić information content (AvgIpc) is 3.06. The average molecular weight is 686 g/mol. The fraction of sp³-hybridized carbons (Fsp3) is 0.385. The molecule has 0 spiro atoms. The van der Waals surface area contributed by atoms with Crippen molar-refractivity contribution in [2.24, 2.45) is 15.9 Å². The number of hydrogen-bond donors (Lipinski definition) is 1. The molecule has 0 radical (unpaired) electrons. The fourth-order valence-electron chi connectivity index (χ4n) is 4.77. The summed E-state index contributed by atoms with van der Waals surface area (Å²) >= 11 is 1.31. The van der Waals surface area contributed by atoms with Crippen molar-refractivity contribution in [3.8, 4) is 5.75 Å². The summed E-state index contributed by atoms with van der Waals surface area (Å²) in [6.07, 6.45) is 3.44. The number of urea groups is 1. The zero-order chi connectivity index (χ0) is 35.9. The third kappa shape index (κ3) is 11.9. The number of hydrogen-bond acceptors (Lipinski definition) is 6. The minimum absolute atomic E-state index is 0.167. The molecule has 3 aromatic carbocycles. The van der Waals surface area contributed by atoms with E-state index in [9.17, 15) is 9.59 Å². The number of thioether (sulfide) groups is 1. The lowest BCUT2D eigenvalue weighted by molar-refractivity contribution is -0.106. The summed E-state index contributed by atoms with van der Waals surface area (Å²) in [5, 5.41) is 3.16. The summed E-state index contributed by atoms with van der Waals surface area (Å²) in [7, 11) is 0. The molecule has 0 fully saturated rings. The van der Waals surface area contributed by atoms with Crippen LogP contribution < -0.4 is 19.9 Å². The minimum atomic E-state index is -0.584. The molecule has 9 nitrogen and oxygen atoms in total. The molecule has 0 aliphatic heterocycles. The lowest BCUT2D eigenvalue weighted by Gasteiger charge is -2.24. The number of carbonyl (C=O) groups excluding carboxylic acids is 2. The van der Waals surface area contributed by atoms with Gasteiger partial charge in [0.1, 0.15) is 5.75 Å². The van der Waals surface area contributed by atoms with Crippen LogP contribution in [0.25, 0.3) is 5.70 Å². The van der Waals surface area contributed by atoms with Crippen LogP contribution in [0.15, 0.2) is 77.2 Å². The van der Waals surface area contributed by atoms with Gasteiger partial charge in [0.15, 0.2) is 5.17 Å². The second-order valence-electron chi connectivity index (χ2n) is 12.3. The van der Waals surface area contributed by atoms with Gasteiger partial charge in [-0.1, -0.05) is 64.2 Å². The number of aliphatic imine (C=N–C) groups is 2. The molecule has 0 aromatic heterocycles. The first-order valence-electron chi connectivity index (χ1n) is 16.8. The molecule has 3 rings (SSSR count). The molecule has 3 amide bonds. The predicted molar refractivity (Wildman–Crippen MR) is 207 cm³/mol. The Hall–Kier alpha value is -4.41. The molecule has 49 heavy (non-hydrogen) atoms. The second kappa shape index (κ2) is 19.6. The molecule has 0 saturated heterocycles. The fourth-order valence-corrected chi connectivity index (χ4v) is 5.45. The Bertz CT molecular complexity index is 1620. The summed E-state index contributed by atoms with van der Waals surface area (Å²) in [5.74, 6) is 1.84. The maximum Gasteiger partial charge on any atom is 0.347 e. The van der Waals surface area contributed by atoms with Gasteiger partial charge in [-0.2, -0.15) is 4.99 Å². The van der Waals surface area contributed by atoms with Gasteiger partial charge in [0.05, 0.1) is 30.9 Å². The molecule has 0 unspecified atom stereocenters. The monoisotopic (exact) mass is 685 g/mol. The minimum Gasteiger partial charge on any atom is -0.494 e. The topological polar surface area (TPSA) is 95.8 Å². The number of rotatable bonds is 16. The van der Waals surface area contributed by atoms with Crippen molar-refractivity contribution in [2.75, 3.05) is 34.1 Å². The Morgan fingerprint density at radius 1 is 1.02 bits per heavy atom. The highest BCUT2D eigenvalue weighted by atomic mass is 32.2. The number of benzene rings is 3. The first-order chi connectivity index (χ1) is 23.5. The van der Waals surface area contributed by atoms with Gasteiger partial charge >= 0.3 is 6.03 Å². The smallest absolute Gasteiger partial charge is 0.347 e. The number of nitrogens with one attached hydrogen (secondary N) is 1. The first-order valence-corrected chi connectivity index (χ1v) is 17.7. The zero-order valence-corrected chi connectivity index (χ0v) is 31.0. The van der Waals surface area contributed by atoms with Crippen LogP contribution in [0.5, 0.6) is 5.75 Å². The highest BCUT2D eigenvalue weighted by Crippen LogP contribution is 2.27. The van der Waals surface area contributed by atoms with Crippen LogP contribution in [0, 0.1) is 19.8 Å². The van der Waals surface area contributed by atoms with Gasteiger partial charge in [-0.05, 0) is 105 Å². The molecule has 262 valence electrons. The molecule has 1 N–H and O–H groups in total. The number of ether oxygens (including phenoxy) is 2. The zero-order valence-electron chi connectivity index (χ0n) is 30.2. The second-order valence-corrected chi connectivity index (χ2v) is 13.6. The van der Waals surface area contributed by atoms with Gasteiger partial charge in [0, 0.05) is 29.6 Å². The van der Waals surface area contributed by atoms with E-state index in [2.05, 4.69) is 61.4 Å². The summed E-state index contributed by atoms with van der Waals surface area (Å²) < 4.78 is 11.6. The Balaban J connectivity index is 1.77. The molecule has 0 saturated carbocycles. The standard InChI is InChI=1S/C39H51N5O4S/c1-10-20-48-35-17-15-34(16-18-35)43(28(5)6)25-40-31(9)32-14-19-36(30(8)22-32)41-38(46)42-39(49-11-2)44(26-45)37-21-29(7)12-13-33(37)24-47-23-27(3)4/h12-19,21-22,25-28H,9-11,20,23-24H2,1-8H3,(H,41,46)/b40-25?,42-39-. The van der Waals surface area contributed by atoms with E-state index in [1.54, 1.807) is 6.34 Å². The van der Waals surface area contributed by atoms with E-state index >= 15 is 0 Å². The Morgan fingerprint density at radius 2 is 1.76 bits per heavy atom. The summed E-state index contributed by atoms with van der Waals surface area (Å²) in [4.78, 5) is 38.2. The summed E-state index contributed by atoms with van der Waals surface area (Å²) in [6, 6.07) is 19.0. The maximum atomic E-state index is 13.2. The van der Waals surface area contributed by atoms with Crippen molar-refractivity contribution in [1.29, 1.82) is 0 Å². The van der Waals surface area contributed by atoms with Crippen LogP contribution in [0.2, 0.25) is 0 Å². The molecular weight excluding hydrogens is 635 g/mol. The van der Waals surface area contributed by atoms with Crippen molar-refractivity contribution in [3.05, 3.63) is 89.5 Å². The number of anilines is 3. The highest BCUT2D eigenvalue weighted by Gasteiger charge is 2.19. The van der Waals surface area contributed by atoms with E-state index in [0.717, 1.165) is 40.1 Å². The molecule has 0 bridgehead atoms. The van der Waals surface area contributed by atoms with Crippen LogP contribution in [-0.4, -0.2) is 49.0 Å². The number of amidine groups is 1. The molecule has 0 heterocycles. The van der Waals surface area contributed by atoms with Gasteiger partial charge in [0.25, 0.3) is 0 Å². The van der Waals surface area contributed by atoms with E-state index in [-0.39, 0.29) is 11.2 Å². The first kappa shape index (κ1) is 39.0. The van der Waals surface area contributed by atoms with Gasteiger partial charge in [-0.3, -0.25) is 9.69 Å². The van der Waals surface area contributed by atoms with Gasteiger partial charge < -0.3 is 19.7 Å². The van der Waals surface area contributed by atoms with E-state index in [0.29, 0.717) is 55.0 Å². The van der Waals surface area contributed by atoms with Crippen LogP contribution >= 0.6 is 11.8 Å². The molecular formula is C39H51N5O4S. The van der Waals surface area contributed by atoms with Crippen molar-refractivity contribution in [2.45, 2.75) is 74.5 Å². The van der Waals surface area contributed by atoms with Crippen molar-refractivity contribution in [1.82, 2.24) is 0 Å². The third-order valence-corrected chi connectivity index (χ3v) is 8.13. The largest absolute Gasteiger partial charge is 0.494 e. The molecule has 0 aliphatic carbocycles. The lowest BCUT2D eigenvalue weighted by atomic mass is 10.1. The Kier molecular flexibility index (Phi) is 15.6. The maximum absolute atomic E-state index is 13.2. The molecule has 10 heteroatoms. The number of aryl methyl sites for hydroxylation is 2. The molecule has 3 aromatic rings. The Labute approximate surface area is 296 Å². The van der Waals surface area contributed by atoms with Crippen LogP contribution in [-0.2, 0) is 16.1 Å². The van der Waals surface area contributed by atoms with Crippen LogP contribution in [0.1, 0.15) is 70.2 Å². The van der Waals surface area contributed by atoms with Crippen molar-refractivity contribution >= 4 is 58.5 Å². The van der Waals surface area contributed by atoms with E-state index in [1.165, 1.54) is 16.7 Å². The van der Waals surface area contributed by atoms with Crippen molar-refractivity contribution in [3.63, 3.8) is 0 Å². The van der Waals surface area contributed by atoms with E-state index in [4.69, 9.17) is 9.47 Å². The van der Waals surface area contributed by atoms with E-state index in [1.807, 2.05) is 81.4 Å². The SMILES string of the molecule is C=C(N=CN(c1ccc(OCCC)cc1)C(C)C)c1ccc(NC(=O)/N=C(\SCC)N(C=O)c2cc(C)ccc2COCC(C)C)c(C)c1. The molecule has 0 aliphatic rings. The van der Waals surface area contributed by atoms with Crippen LogP contribution in [0.3, 0.4) is 0 Å². The van der Waals surface area contributed by atoms with Gasteiger partial charge in [-0.15, -0.1) is 0 Å². The van der Waals surface area contributed by atoms with Gasteiger partial charge in [-0.25, -0.2) is 9.79 Å². The highest BCUT2D eigenvalue weighted by molar-refractivity contribution is 8.14. The number of nitrogens with zero attached hydrogens (tertiary/aromatic N) is 4. The number of amides is 3. The predicted octanol–water partition coefficient (Wildman–Crippen LogP) is 9.48. The third-order valence-electron chi connectivity index (χ3n) is 7.29. The number of carbonyl (C=O) groups is 2.